The number of hydrogen-bond acceptors (Lipinski definition) is 1. The van der Waals surface area contributed by atoms with Crippen LogP contribution in [0.1, 0.15) is 12.5 Å². The lowest BCUT2D eigenvalue weighted by Crippen LogP contribution is -2.22. The molecule has 0 fully saturated rings. The van der Waals surface area contributed by atoms with Gasteiger partial charge in [-0.15, -0.1) is 0 Å². The van der Waals surface area contributed by atoms with Crippen molar-refractivity contribution in [3.8, 4) is 11.1 Å². The third-order valence-corrected chi connectivity index (χ3v) is 4.37. The van der Waals surface area contributed by atoms with Crippen LogP contribution in [0, 0.1) is 0 Å². The van der Waals surface area contributed by atoms with Gasteiger partial charge in [0.25, 0.3) is 0 Å². The third kappa shape index (κ3) is 3.80. The van der Waals surface area contributed by atoms with Crippen molar-refractivity contribution in [2.24, 2.45) is 0 Å². The van der Waals surface area contributed by atoms with Gasteiger partial charge in [0.05, 0.1) is 0 Å². The summed E-state index contributed by atoms with van der Waals surface area (Å²) in [6.45, 7) is 2.20. The Morgan fingerprint density at radius 1 is 1.00 bits per heavy atom. The van der Waals surface area contributed by atoms with Crippen LogP contribution in [0.25, 0.3) is 21.9 Å². The average Bonchev–Trinajstić information content (AvgIpc) is 2.55. The first-order chi connectivity index (χ1) is 11.1. The number of halogens is 1. The fourth-order valence-corrected chi connectivity index (χ4v) is 3.15. The number of fused-ring (bicyclic) bond motifs is 1. The topological polar surface area (TPSA) is 29.1 Å². The first kappa shape index (κ1) is 15.8. The van der Waals surface area contributed by atoms with Crippen molar-refractivity contribution in [2.45, 2.75) is 13.3 Å². The van der Waals surface area contributed by atoms with Crippen molar-refractivity contribution in [1.82, 2.24) is 5.32 Å². The Hall–Kier alpha value is -2.13. The molecule has 0 aromatic heterocycles. The van der Waals surface area contributed by atoms with Crippen molar-refractivity contribution in [3.05, 3.63) is 70.7 Å². The van der Waals surface area contributed by atoms with Gasteiger partial charge >= 0.3 is 0 Å². The number of nitrogens with one attached hydrogen (secondary N) is 1. The van der Waals surface area contributed by atoms with Gasteiger partial charge in [-0.25, -0.2) is 0 Å². The van der Waals surface area contributed by atoms with E-state index in [1.165, 1.54) is 27.5 Å². The van der Waals surface area contributed by atoms with Crippen LogP contribution >= 0.6 is 15.9 Å². The Balaban J connectivity index is 2.06. The van der Waals surface area contributed by atoms with E-state index < -0.39 is 0 Å². The molecule has 23 heavy (non-hydrogen) atoms. The molecule has 0 aliphatic rings. The molecule has 0 aliphatic heterocycles. The van der Waals surface area contributed by atoms with Crippen LogP contribution < -0.4 is 5.32 Å². The van der Waals surface area contributed by atoms with Crippen molar-refractivity contribution in [3.63, 3.8) is 0 Å². The van der Waals surface area contributed by atoms with Crippen molar-refractivity contribution >= 4 is 32.6 Å². The molecule has 0 heterocycles. The van der Waals surface area contributed by atoms with Crippen LogP contribution in [0.15, 0.2) is 65.1 Å². The van der Waals surface area contributed by atoms with E-state index in [9.17, 15) is 4.79 Å². The van der Waals surface area contributed by atoms with Crippen molar-refractivity contribution < 1.29 is 4.79 Å². The molecule has 3 aromatic carbocycles. The fourth-order valence-electron chi connectivity index (χ4n) is 2.78. The summed E-state index contributed by atoms with van der Waals surface area (Å²) < 4.78 is 1.07. The minimum Gasteiger partial charge on any atom is -0.356 e. The van der Waals surface area contributed by atoms with Crippen LogP contribution in [0.4, 0.5) is 0 Å². The second-order valence-electron chi connectivity index (χ2n) is 5.60. The molecular weight excluding hydrogens is 350 g/mol. The molecule has 1 N–H and O–H groups in total. The second kappa shape index (κ2) is 6.97. The van der Waals surface area contributed by atoms with Gasteiger partial charge in [-0.05, 0) is 52.1 Å². The Kier molecular flexibility index (Phi) is 4.77. The second-order valence-corrected chi connectivity index (χ2v) is 6.52. The van der Waals surface area contributed by atoms with E-state index in [4.69, 9.17) is 0 Å². The van der Waals surface area contributed by atoms with Crippen LogP contribution in [0.3, 0.4) is 0 Å². The van der Waals surface area contributed by atoms with E-state index in [1.807, 2.05) is 6.07 Å². The van der Waals surface area contributed by atoms with E-state index in [0.717, 1.165) is 10.9 Å². The van der Waals surface area contributed by atoms with Crippen LogP contribution in [-0.4, -0.2) is 12.5 Å². The van der Waals surface area contributed by atoms with E-state index in [-0.39, 0.29) is 5.91 Å². The third-order valence-electron chi connectivity index (χ3n) is 3.88. The van der Waals surface area contributed by atoms with Crippen LogP contribution in [0.5, 0.6) is 0 Å². The molecule has 0 saturated carbocycles. The summed E-state index contributed by atoms with van der Waals surface area (Å²) in [5.41, 5.74) is 3.66. The molecule has 116 valence electrons. The number of carbonyl (C=O) groups excluding carboxylic acids is 1. The first-order valence-electron chi connectivity index (χ1n) is 7.65. The molecule has 2 nitrogen and oxygen atoms in total. The zero-order valence-corrected chi connectivity index (χ0v) is 14.6. The summed E-state index contributed by atoms with van der Waals surface area (Å²) in [6, 6.07) is 21.2. The smallest absolute Gasteiger partial charge is 0.216 e. The standard InChI is InChI=1S/C20H18BrNO/c1-14(23)22-10-9-17-12-18(15-5-3-2-4-6-15)11-16-7-8-19(21)13-20(16)17/h2-8,11-13H,9-10H2,1H3,(H,22,23). The fraction of sp³-hybridized carbons (Fsp3) is 0.150. The molecule has 0 aliphatic carbocycles. The molecule has 3 aromatic rings. The highest BCUT2D eigenvalue weighted by Gasteiger charge is 2.07. The van der Waals surface area contributed by atoms with Gasteiger partial charge in [0.2, 0.25) is 5.91 Å². The molecule has 0 atom stereocenters. The van der Waals surface area contributed by atoms with Gasteiger partial charge in [0, 0.05) is 17.9 Å². The number of hydrogen-bond donors (Lipinski definition) is 1. The predicted molar refractivity (Wildman–Crippen MR) is 99.5 cm³/mol. The molecule has 3 heteroatoms. The van der Waals surface area contributed by atoms with Gasteiger partial charge in [-0.2, -0.15) is 0 Å². The number of carbonyl (C=O) groups is 1. The van der Waals surface area contributed by atoms with E-state index in [1.54, 1.807) is 6.92 Å². The monoisotopic (exact) mass is 367 g/mol. The summed E-state index contributed by atoms with van der Waals surface area (Å²) in [5, 5.41) is 5.32. The highest BCUT2D eigenvalue weighted by atomic mass is 79.9. The largest absolute Gasteiger partial charge is 0.356 e. The zero-order valence-electron chi connectivity index (χ0n) is 13.0. The summed E-state index contributed by atoms with van der Waals surface area (Å²) in [6.07, 6.45) is 0.813. The highest BCUT2D eigenvalue weighted by molar-refractivity contribution is 9.10. The highest BCUT2D eigenvalue weighted by Crippen LogP contribution is 2.30. The Morgan fingerprint density at radius 2 is 1.78 bits per heavy atom. The van der Waals surface area contributed by atoms with Gasteiger partial charge < -0.3 is 5.32 Å². The maximum absolute atomic E-state index is 11.1. The average molecular weight is 368 g/mol. The molecule has 0 unspecified atom stereocenters. The Labute approximate surface area is 144 Å². The molecule has 0 spiro atoms. The number of amides is 1. The lowest BCUT2D eigenvalue weighted by molar-refractivity contribution is -0.118. The number of benzene rings is 3. The molecule has 0 radical (unpaired) electrons. The molecular formula is C20H18BrNO. The van der Waals surface area contributed by atoms with Crippen molar-refractivity contribution in [1.29, 1.82) is 0 Å². The Bertz CT molecular complexity index is 843. The summed E-state index contributed by atoms with van der Waals surface area (Å²) in [4.78, 5) is 11.1. The lowest BCUT2D eigenvalue weighted by atomic mass is 9.95. The minimum atomic E-state index is 0.00898. The predicted octanol–water partition coefficient (Wildman–Crippen LogP) is 4.95. The van der Waals surface area contributed by atoms with E-state index in [0.29, 0.717) is 6.54 Å². The normalized spacial score (nSPS) is 10.7. The lowest BCUT2D eigenvalue weighted by Gasteiger charge is -2.12. The van der Waals surface area contributed by atoms with Crippen LogP contribution in [0.2, 0.25) is 0 Å². The van der Waals surface area contributed by atoms with E-state index in [2.05, 4.69) is 75.8 Å². The zero-order chi connectivity index (χ0) is 16.2. The van der Waals surface area contributed by atoms with Crippen LogP contribution in [-0.2, 0) is 11.2 Å². The Morgan fingerprint density at radius 3 is 2.52 bits per heavy atom. The molecule has 0 bridgehead atoms. The maximum atomic E-state index is 11.1. The summed E-state index contributed by atoms with van der Waals surface area (Å²) in [5.74, 6) is 0.00898. The van der Waals surface area contributed by atoms with Crippen molar-refractivity contribution in [2.75, 3.05) is 6.54 Å². The molecule has 3 rings (SSSR count). The SMILES string of the molecule is CC(=O)NCCc1cc(-c2ccccc2)cc2ccc(Br)cc12. The summed E-state index contributed by atoms with van der Waals surface area (Å²) >= 11 is 3.55. The first-order valence-corrected chi connectivity index (χ1v) is 8.45. The number of rotatable bonds is 4. The minimum absolute atomic E-state index is 0.00898. The molecule has 1 amide bonds. The molecule has 0 saturated heterocycles. The van der Waals surface area contributed by atoms with Gasteiger partial charge in [-0.3, -0.25) is 4.79 Å². The quantitative estimate of drug-likeness (QED) is 0.694. The van der Waals surface area contributed by atoms with E-state index >= 15 is 0 Å². The van der Waals surface area contributed by atoms with Gasteiger partial charge in [-0.1, -0.05) is 58.4 Å². The maximum Gasteiger partial charge on any atom is 0.216 e. The van der Waals surface area contributed by atoms with Gasteiger partial charge in [0.15, 0.2) is 0 Å². The summed E-state index contributed by atoms with van der Waals surface area (Å²) in [7, 11) is 0. The van der Waals surface area contributed by atoms with Gasteiger partial charge in [0.1, 0.15) is 0 Å².